The van der Waals surface area contributed by atoms with E-state index >= 15 is 0 Å². The Morgan fingerprint density at radius 3 is 2.59 bits per heavy atom. The van der Waals surface area contributed by atoms with Gasteiger partial charge >= 0.3 is 0 Å². The van der Waals surface area contributed by atoms with Gasteiger partial charge in [-0.2, -0.15) is 0 Å². The van der Waals surface area contributed by atoms with E-state index in [1.54, 1.807) is 0 Å². The van der Waals surface area contributed by atoms with Crippen molar-refractivity contribution in [3.63, 3.8) is 0 Å². The molecule has 1 aromatic rings. The fourth-order valence-corrected chi connectivity index (χ4v) is 1.92. The minimum Gasteiger partial charge on any atom is -0.493 e. The molecule has 1 aromatic carbocycles. The number of para-hydroxylation sites is 1. The van der Waals surface area contributed by atoms with Gasteiger partial charge in [0, 0.05) is 4.83 Å². The largest absolute Gasteiger partial charge is 0.493 e. The number of benzene rings is 1. The highest BCUT2D eigenvalue weighted by Gasteiger charge is 2.10. The van der Waals surface area contributed by atoms with Gasteiger partial charge in [-0.1, -0.05) is 54.9 Å². The second-order valence-electron chi connectivity index (χ2n) is 4.75. The molecule has 0 fully saturated rings. The Bertz CT molecular complexity index is 322. The summed E-state index contributed by atoms with van der Waals surface area (Å²) < 4.78 is 5.76. The number of hydrogen-bond donors (Lipinski definition) is 0. The lowest BCUT2D eigenvalue weighted by molar-refractivity contribution is 0.313. The lowest BCUT2D eigenvalue weighted by Gasteiger charge is -2.15. The Hall–Kier alpha value is -0.500. The van der Waals surface area contributed by atoms with Crippen molar-refractivity contribution in [1.82, 2.24) is 0 Å². The van der Waals surface area contributed by atoms with Crippen LogP contribution in [-0.2, 0) is 6.42 Å². The molecule has 0 saturated heterocycles. The maximum atomic E-state index is 5.76. The Morgan fingerprint density at radius 1 is 1.24 bits per heavy atom. The Morgan fingerprint density at radius 2 is 1.94 bits per heavy atom. The zero-order chi connectivity index (χ0) is 12.7. The van der Waals surface area contributed by atoms with Crippen LogP contribution in [0.5, 0.6) is 5.75 Å². The highest BCUT2D eigenvalue weighted by Crippen LogP contribution is 2.24. The number of aryl methyl sites for hydroxylation is 1. The maximum absolute atomic E-state index is 5.76. The Kier molecular flexibility index (Phi) is 6.64. The SMILES string of the molecule is CCCOc1ccccc1CCC(Br)C(C)C. The lowest BCUT2D eigenvalue weighted by atomic mass is 10.0. The van der Waals surface area contributed by atoms with E-state index in [4.69, 9.17) is 4.74 Å². The van der Waals surface area contributed by atoms with E-state index in [-0.39, 0.29) is 0 Å². The molecule has 2 heteroatoms. The standard InChI is InChI=1S/C15H23BrO/c1-4-11-17-15-8-6-5-7-13(15)9-10-14(16)12(2)3/h5-8,12,14H,4,9-11H2,1-3H3. The van der Waals surface area contributed by atoms with E-state index in [0.717, 1.165) is 31.6 Å². The van der Waals surface area contributed by atoms with Crippen LogP contribution < -0.4 is 4.74 Å². The Balaban J connectivity index is 2.57. The van der Waals surface area contributed by atoms with E-state index in [1.807, 2.05) is 6.07 Å². The second-order valence-corrected chi connectivity index (χ2v) is 5.93. The number of hydrogen-bond acceptors (Lipinski definition) is 1. The summed E-state index contributed by atoms with van der Waals surface area (Å²) in [7, 11) is 0. The fourth-order valence-electron chi connectivity index (χ4n) is 1.69. The average molecular weight is 299 g/mol. The molecular formula is C15H23BrO. The van der Waals surface area contributed by atoms with Gasteiger partial charge in [0.2, 0.25) is 0 Å². The number of rotatable bonds is 7. The van der Waals surface area contributed by atoms with Crippen LogP contribution in [0.15, 0.2) is 24.3 Å². The van der Waals surface area contributed by atoms with Crippen molar-refractivity contribution in [1.29, 1.82) is 0 Å². The minimum absolute atomic E-state index is 0.585. The third kappa shape index (κ3) is 5.12. The van der Waals surface area contributed by atoms with Crippen molar-refractivity contribution in [3.05, 3.63) is 29.8 Å². The van der Waals surface area contributed by atoms with E-state index in [1.165, 1.54) is 5.56 Å². The van der Waals surface area contributed by atoms with Crippen molar-refractivity contribution in [2.24, 2.45) is 5.92 Å². The van der Waals surface area contributed by atoms with E-state index in [2.05, 4.69) is 54.9 Å². The summed E-state index contributed by atoms with van der Waals surface area (Å²) in [6.07, 6.45) is 3.29. The zero-order valence-electron chi connectivity index (χ0n) is 11.1. The van der Waals surface area contributed by atoms with Gasteiger partial charge in [0.25, 0.3) is 0 Å². The summed E-state index contributed by atoms with van der Waals surface area (Å²) in [4.78, 5) is 0.585. The van der Waals surface area contributed by atoms with Crippen molar-refractivity contribution >= 4 is 15.9 Å². The lowest BCUT2D eigenvalue weighted by Crippen LogP contribution is -2.09. The molecule has 1 unspecified atom stereocenters. The van der Waals surface area contributed by atoms with Gasteiger partial charge < -0.3 is 4.74 Å². The summed E-state index contributed by atoms with van der Waals surface area (Å²) in [5.74, 6) is 1.73. The molecule has 96 valence electrons. The molecule has 0 aliphatic carbocycles. The van der Waals surface area contributed by atoms with E-state index in [0.29, 0.717) is 10.7 Å². The second kappa shape index (κ2) is 7.75. The van der Waals surface area contributed by atoms with Crippen molar-refractivity contribution in [3.8, 4) is 5.75 Å². The molecular weight excluding hydrogens is 276 g/mol. The van der Waals surface area contributed by atoms with Crippen LogP contribution >= 0.6 is 15.9 Å². The highest BCUT2D eigenvalue weighted by atomic mass is 79.9. The Labute approximate surface area is 114 Å². The third-order valence-corrected chi connectivity index (χ3v) is 4.36. The van der Waals surface area contributed by atoms with Gasteiger partial charge in [0.05, 0.1) is 6.61 Å². The van der Waals surface area contributed by atoms with Crippen molar-refractivity contribution in [2.75, 3.05) is 6.61 Å². The topological polar surface area (TPSA) is 9.23 Å². The van der Waals surface area contributed by atoms with Gasteiger partial charge in [-0.15, -0.1) is 0 Å². The molecule has 0 N–H and O–H groups in total. The first-order chi connectivity index (χ1) is 8.15. The van der Waals surface area contributed by atoms with Gasteiger partial charge in [0.1, 0.15) is 5.75 Å². The maximum Gasteiger partial charge on any atom is 0.122 e. The first-order valence-electron chi connectivity index (χ1n) is 6.50. The smallest absolute Gasteiger partial charge is 0.122 e. The fraction of sp³-hybridized carbons (Fsp3) is 0.600. The summed E-state index contributed by atoms with van der Waals surface area (Å²) >= 11 is 3.74. The summed E-state index contributed by atoms with van der Waals surface area (Å²) in [6.45, 7) is 7.44. The first-order valence-corrected chi connectivity index (χ1v) is 7.41. The molecule has 1 atom stereocenters. The molecule has 0 saturated carbocycles. The van der Waals surface area contributed by atoms with Crippen LogP contribution in [0.3, 0.4) is 0 Å². The van der Waals surface area contributed by atoms with Gasteiger partial charge in [-0.3, -0.25) is 0 Å². The van der Waals surface area contributed by atoms with E-state index in [9.17, 15) is 0 Å². The van der Waals surface area contributed by atoms with Crippen LogP contribution in [0.1, 0.15) is 39.2 Å². The zero-order valence-corrected chi connectivity index (χ0v) is 12.7. The molecule has 0 bridgehead atoms. The molecule has 17 heavy (non-hydrogen) atoms. The van der Waals surface area contributed by atoms with Gasteiger partial charge in [-0.25, -0.2) is 0 Å². The molecule has 0 heterocycles. The predicted octanol–water partition coefficient (Wildman–Crippen LogP) is 4.83. The van der Waals surface area contributed by atoms with Crippen molar-refractivity contribution in [2.45, 2.75) is 44.9 Å². The highest BCUT2D eigenvalue weighted by molar-refractivity contribution is 9.09. The molecule has 0 aliphatic rings. The molecule has 1 rings (SSSR count). The summed E-state index contributed by atoms with van der Waals surface area (Å²) in [5.41, 5.74) is 1.33. The van der Waals surface area contributed by atoms with Crippen LogP contribution in [-0.4, -0.2) is 11.4 Å². The van der Waals surface area contributed by atoms with Crippen molar-refractivity contribution < 1.29 is 4.74 Å². The predicted molar refractivity (Wildman–Crippen MR) is 78.1 cm³/mol. The van der Waals surface area contributed by atoms with Crippen LogP contribution in [0, 0.1) is 5.92 Å². The molecule has 0 aromatic heterocycles. The normalized spacial score (nSPS) is 12.8. The molecule has 0 radical (unpaired) electrons. The molecule has 0 amide bonds. The minimum atomic E-state index is 0.585. The molecule has 0 spiro atoms. The first kappa shape index (κ1) is 14.6. The van der Waals surface area contributed by atoms with E-state index < -0.39 is 0 Å². The molecule has 1 nitrogen and oxygen atoms in total. The van der Waals surface area contributed by atoms with Crippen LogP contribution in [0.25, 0.3) is 0 Å². The summed E-state index contributed by atoms with van der Waals surface area (Å²) in [5, 5.41) is 0. The number of halogens is 1. The molecule has 0 aliphatic heterocycles. The average Bonchev–Trinajstić information content (AvgIpc) is 2.34. The number of alkyl halides is 1. The third-order valence-electron chi connectivity index (χ3n) is 2.85. The number of ether oxygens (including phenoxy) is 1. The summed E-state index contributed by atoms with van der Waals surface area (Å²) in [6, 6.07) is 8.38. The van der Waals surface area contributed by atoms with Gasteiger partial charge in [-0.05, 0) is 36.8 Å². The van der Waals surface area contributed by atoms with Crippen LogP contribution in [0.2, 0.25) is 0 Å². The van der Waals surface area contributed by atoms with Gasteiger partial charge in [0.15, 0.2) is 0 Å². The quantitative estimate of drug-likeness (QED) is 0.655. The van der Waals surface area contributed by atoms with Crippen LogP contribution in [0.4, 0.5) is 0 Å². The monoisotopic (exact) mass is 298 g/mol.